The molecule has 10 aromatic carbocycles. The van der Waals surface area contributed by atoms with Crippen LogP contribution in [0.4, 0.5) is 0 Å². The van der Waals surface area contributed by atoms with Crippen molar-refractivity contribution in [3.05, 3.63) is 210 Å². The molecule has 2 aliphatic rings. The largest absolute Gasteiger partial charge is 0.308 e. The maximum atomic E-state index is 2.56. The summed E-state index contributed by atoms with van der Waals surface area (Å²) >= 11 is 0. The van der Waals surface area contributed by atoms with Crippen LogP contribution in [-0.4, -0.2) is 4.40 Å². The maximum absolute atomic E-state index is 2.56. The Morgan fingerprint density at radius 1 is 0.286 bits per heavy atom. The molecule has 14 rings (SSSR count). The lowest BCUT2D eigenvalue weighted by Crippen LogP contribution is -2.14. The summed E-state index contributed by atoms with van der Waals surface area (Å²) in [6, 6.07) is 71.6. The molecule has 63 heavy (non-hydrogen) atoms. The Balaban J connectivity index is 0.969. The third kappa shape index (κ3) is 4.72. The smallest absolute Gasteiger partial charge is 0.0620 e. The predicted octanol–water partition coefficient (Wildman–Crippen LogP) is 16.8. The molecule has 2 aliphatic carbocycles. The van der Waals surface area contributed by atoms with Crippen LogP contribution in [0.5, 0.6) is 0 Å². The van der Waals surface area contributed by atoms with E-state index in [2.05, 4.69) is 220 Å². The first kappa shape index (κ1) is 35.2. The molecule has 12 aromatic rings. The molecule has 1 nitrogen and oxygen atoms in total. The quantitative estimate of drug-likeness (QED) is 0.168. The van der Waals surface area contributed by atoms with Gasteiger partial charge in [0.2, 0.25) is 0 Å². The molecular weight excluding hydrogens is 759 g/mol. The van der Waals surface area contributed by atoms with E-state index < -0.39 is 0 Å². The van der Waals surface area contributed by atoms with Crippen LogP contribution in [0.15, 0.2) is 188 Å². The summed E-state index contributed by atoms with van der Waals surface area (Å²) in [5.41, 5.74) is 22.3. The van der Waals surface area contributed by atoms with E-state index in [1.807, 2.05) is 0 Å². The summed E-state index contributed by atoms with van der Waals surface area (Å²) in [5, 5.41) is 10.2. The van der Waals surface area contributed by atoms with Crippen molar-refractivity contribution in [1.82, 2.24) is 4.40 Å². The zero-order valence-corrected chi connectivity index (χ0v) is 35.8. The van der Waals surface area contributed by atoms with Crippen LogP contribution in [0.25, 0.3) is 115 Å². The Kier molecular flexibility index (Phi) is 6.76. The van der Waals surface area contributed by atoms with Crippen molar-refractivity contribution < 1.29 is 0 Å². The number of benzene rings is 10. The first-order chi connectivity index (χ1) is 30.7. The SMILES string of the molecule is CC1(C)c2ccccc2-c2ccc(-c3ccc4cc5c6cc(-c7ccccc7)cc7c8cc9ccc(-c%10ccc%11c(c%10)C(C)(C)c%10ccccc%10-%11)cc9cc8n(c5cc4c3)c67)cc21. The average Bonchev–Trinajstić information content (AvgIpc) is 3.97. The number of hydrogen-bond donors (Lipinski definition) is 0. The number of fused-ring (bicyclic) bond motifs is 14. The second-order valence-corrected chi connectivity index (χ2v) is 19.3. The maximum Gasteiger partial charge on any atom is 0.0620 e. The molecule has 0 bridgehead atoms. The minimum atomic E-state index is -0.0413. The van der Waals surface area contributed by atoms with Gasteiger partial charge in [-0.3, -0.25) is 0 Å². The van der Waals surface area contributed by atoms with Gasteiger partial charge in [-0.2, -0.15) is 0 Å². The molecule has 296 valence electrons. The van der Waals surface area contributed by atoms with Gasteiger partial charge in [-0.05, 0) is 160 Å². The molecule has 1 heteroatoms. The number of rotatable bonds is 3. The van der Waals surface area contributed by atoms with Crippen molar-refractivity contribution in [1.29, 1.82) is 0 Å². The van der Waals surface area contributed by atoms with Crippen molar-refractivity contribution in [2.24, 2.45) is 0 Å². The molecule has 0 saturated carbocycles. The zero-order valence-electron chi connectivity index (χ0n) is 35.8. The summed E-state index contributed by atoms with van der Waals surface area (Å²) < 4.78 is 2.56. The van der Waals surface area contributed by atoms with E-state index in [1.165, 1.54) is 138 Å². The van der Waals surface area contributed by atoms with E-state index in [-0.39, 0.29) is 10.8 Å². The molecule has 2 heterocycles. The Morgan fingerprint density at radius 3 is 1.22 bits per heavy atom. The minimum Gasteiger partial charge on any atom is -0.308 e. The summed E-state index contributed by atoms with van der Waals surface area (Å²) in [5.74, 6) is 0. The number of nitrogens with zero attached hydrogens (tertiary/aromatic N) is 1. The fourth-order valence-electron chi connectivity index (χ4n) is 12.0. The van der Waals surface area contributed by atoms with E-state index >= 15 is 0 Å². The van der Waals surface area contributed by atoms with E-state index in [4.69, 9.17) is 0 Å². The minimum absolute atomic E-state index is 0.0413. The van der Waals surface area contributed by atoms with Gasteiger partial charge >= 0.3 is 0 Å². The van der Waals surface area contributed by atoms with Crippen LogP contribution in [0, 0.1) is 0 Å². The Hall–Kier alpha value is -7.48. The second-order valence-electron chi connectivity index (χ2n) is 19.3. The Bertz CT molecular complexity index is 3720. The molecule has 0 N–H and O–H groups in total. The van der Waals surface area contributed by atoms with Crippen LogP contribution in [-0.2, 0) is 10.8 Å². The summed E-state index contributed by atoms with van der Waals surface area (Å²) in [6.45, 7) is 9.46. The zero-order chi connectivity index (χ0) is 41.9. The first-order valence-corrected chi connectivity index (χ1v) is 22.4. The highest BCUT2D eigenvalue weighted by molar-refractivity contribution is 6.27. The summed E-state index contributed by atoms with van der Waals surface area (Å²) in [7, 11) is 0. The van der Waals surface area contributed by atoms with Crippen molar-refractivity contribution in [3.8, 4) is 55.6 Å². The van der Waals surface area contributed by atoms with Gasteiger partial charge in [-0.25, -0.2) is 0 Å². The molecular formula is C62H43N. The fourth-order valence-corrected chi connectivity index (χ4v) is 12.0. The van der Waals surface area contributed by atoms with E-state index in [9.17, 15) is 0 Å². The highest BCUT2D eigenvalue weighted by Gasteiger charge is 2.36. The van der Waals surface area contributed by atoms with Gasteiger partial charge in [0.25, 0.3) is 0 Å². The highest BCUT2D eigenvalue weighted by atomic mass is 14.9. The van der Waals surface area contributed by atoms with Gasteiger partial charge < -0.3 is 4.40 Å². The van der Waals surface area contributed by atoms with Crippen molar-refractivity contribution in [3.63, 3.8) is 0 Å². The van der Waals surface area contributed by atoms with Crippen LogP contribution < -0.4 is 0 Å². The highest BCUT2D eigenvalue weighted by Crippen LogP contribution is 2.52. The Morgan fingerprint density at radius 2 is 0.714 bits per heavy atom. The molecule has 0 spiro atoms. The fraction of sp³-hybridized carbons (Fsp3) is 0.0968. The molecule has 0 fully saturated rings. The Labute approximate surface area is 366 Å². The van der Waals surface area contributed by atoms with Crippen molar-refractivity contribution >= 4 is 59.6 Å². The topological polar surface area (TPSA) is 4.41 Å². The van der Waals surface area contributed by atoms with Crippen LogP contribution in [0.1, 0.15) is 49.9 Å². The lowest BCUT2D eigenvalue weighted by molar-refractivity contribution is 0.660. The molecule has 0 amide bonds. The third-order valence-electron chi connectivity index (χ3n) is 15.2. The van der Waals surface area contributed by atoms with Gasteiger partial charge in [0.1, 0.15) is 0 Å². The summed E-state index contributed by atoms with van der Waals surface area (Å²) in [6.07, 6.45) is 0. The molecule has 0 radical (unpaired) electrons. The lowest BCUT2D eigenvalue weighted by atomic mass is 9.81. The van der Waals surface area contributed by atoms with E-state index in [1.54, 1.807) is 0 Å². The van der Waals surface area contributed by atoms with Gasteiger partial charge in [0, 0.05) is 32.4 Å². The van der Waals surface area contributed by atoms with Gasteiger partial charge in [-0.15, -0.1) is 0 Å². The van der Waals surface area contributed by atoms with E-state index in [0.717, 1.165) is 0 Å². The third-order valence-corrected chi connectivity index (χ3v) is 15.2. The van der Waals surface area contributed by atoms with Crippen LogP contribution in [0.3, 0.4) is 0 Å². The lowest BCUT2D eigenvalue weighted by Gasteiger charge is -2.22. The second kappa shape index (κ2) is 12.1. The van der Waals surface area contributed by atoms with Crippen LogP contribution >= 0.6 is 0 Å². The number of hydrogen-bond acceptors (Lipinski definition) is 0. The molecule has 0 saturated heterocycles. The molecule has 2 aromatic heterocycles. The average molecular weight is 802 g/mol. The van der Waals surface area contributed by atoms with Gasteiger partial charge in [0.05, 0.1) is 16.6 Å². The monoisotopic (exact) mass is 801 g/mol. The standard InChI is InChI=1S/C62H43N/c1-61(2)54-16-10-8-14-46(54)48-24-22-41(32-56(48)61)37-18-20-39-28-50-52-30-45(36-12-6-5-7-13-36)31-53-51-29-40-21-19-38(27-44(40)35-59(51)63(60(52)53)58(50)34-43(39)26-37)42-23-25-49-47-15-9-11-17-55(47)62(3,4)57(49)33-42/h5-35H,1-4H3. The normalized spacial score (nSPS) is 14.6. The molecule has 0 aliphatic heterocycles. The number of aromatic nitrogens is 1. The van der Waals surface area contributed by atoms with Crippen molar-refractivity contribution in [2.45, 2.75) is 38.5 Å². The van der Waals surface area contributed by atoms with Gasteiger partial charge in [-0.1, -0.05) is 155 Å². The first-order valence-electron chi connectivity index (χ1n) is 22.4. The van der Waals surface area contributed by atoms with Gasteiger partial charge in [0.15, 0.2) is 0 Å². The van der Waals surface area contributed by atoms with Crippen molar-refractivity contribution in [2.75, 3.05) is 0 Å². The predicted molar refractivity (Wildman–Crippen MR) is 268 cm³/mol. The summed E-state index contributed by atoms with van der Waals surface area (Å²) in [4.78, 5) is 0. The van der Waals surface area contributed by atoms with Crippen LogP contribution in [0.2, 0.25) is 0 Å². The van der Waals surface area contributed by atoms with E-state index in [0.29, 0.717) is 0 Å². The molecule has 0 atom stereocenters. The molecule has 0 unspecified atom stereocenters.